The fraction of sp³-hybridized carbons (Fsp3) is 0. The SMILES string of the molecule is O=C(Nc1ccc(F)cc1F)c1ccc(Cl)cc1[N+](=O)[O-]. The van der Waals surface area contributed by atoms with E-state index >= 15 is 0 Å². The van der Waals surface area contributed by atoms with E-state index in [1.807, 2.05) is 0 Å². The van der Waals surface area contributed by atoms with Crippen LogP contribution in [0.2, 0.25) is 5.02 Å². The molecule has 8 heteroatoms. The first kappa shape index (κ1) is 14.9. The summed E-state index contributed by atoms with van der Waals surface area (Å²) in [6.07, 6.45) is 0. The molecule has 2 aromatic carbocycles. The lowest BCUT2D eigenvalue weighted by Gasteiger charge is -2.07. The number of nitrogens with one attached hydrogen (secondary N) is 1. The average molecular weight is 313 g/mol. The smallest absolute Gasteiger partial charge is 0.283 e. The summed E-state index contributed by atoms with van der Waals surface area (Å²) < 4.78 is 26.2. The predicted octanol–water partition coefficient (Wildman–Crippen LogP) is 3.78. The molecule has 0 bridgehead atoms. The maximum atomic E-state index is 13.4. The normalized spacial score (nSPS) is 10.2. The molecule has 0 atom stereocenters. The van der Waals surface area contributed by atoms with E-state index in [1.54, 1.807) is 0 Å². The van der Waals surface area contributed by atoms with Gasteiger partial charge in [-0.25, -0.2) is 8.78 Å². The van der Waals surface area contributed by atoms with E-state index < -0.39 is 28.2 Å². The van der Waals surface area contributed by atoms with E-state index in [4.69, 9.17) is 11.6 Å². The third-order valence-electron chi connectivity index (χ3n) is 2.58. The van der Waals surface area contributed by atoms with Gasteiger partial charge < -0.3 is 5.32 Å². The molecule has 108 valence electrons. The minimum absolute atomic E-state index is 0.0891. The van der Waals surface area contributed by atoms with Crippen molar-refractivity contribution >= 4 is 28.9 Å². The molecule has 0 aliphatic carbocycles. The lowest BCUT2D eigenvalue weighted by molar-refractivity contribution is -0.385. The lowest BCUT2D eigenvalue weighted by atomic mass is 10.1. The number of hydrogen-bond donors (Lipinski definition) is 1. The van der Waals surface area contributed by atoms with E-state index in [1.165, 1.54) is 6.07 Å². The van der Waals surface area contributed by atoms with Gasteiger partial charge >= 0.3 is 0 Å². The fourth-order valence-corrected chi connectivity index (χ4v) is 1.79. The third-order valence-corrected chi connectivity index (χ3v) is 2.82. The molecule has 2 rings (SSSR count). The van der Waals surface area contributed by atoms with E-state index in [0.717, 1.165) is 24.3 Å². The van der Waals surface area contributed by atoms with Gasteiger partial charge in [-0.1, -0.05) is 11.6 Å². The minimum atomic E-state index is -0.986. The number of hydrogen-bond acceptors (Lipinski definition) is 3. The van der Waals surface area contributed by atoms with E-state index in [0.29, 0.717) is 6.07 Å². The number of benzene rings is 2. The van der Waals surface area contributed by atoms with Gasteiger partial charge in [0.2, 0.25) is 0 Å². The molecule has 0 radical (unpaired) electrons. The summed E-state index contributed by atoms with van der Waals surface area (Å²) >= 11 is 5.63. The number of rotatable bonds is 3. The molecule has 2 aromatic rings. The number of amides is 1. The summed E-state index contributed by atoms with van der Waals surface area (Å²) in [6, 6.07) is 6.02. The molecule has 0 saturated heterocycles. The van der Waals surface area contributed by atoms with Crippen LogP contribution in [0.3, 0.4) is 0 Å². The Kier molecular flexibility index (Phi) is 4.13. The Hall–Kier alpha value is -2.54. The molecule has 0 unspecified atom stereocenters. The number of nitro groups is 1. The number of halogens is 3. The van der Waals surface area contributed by atoms with Crippen LogP contribution < -0.4 is 5.32 Å². The quantitative estimate of drug-likeness (QED) is 0.692. The maximum Gasteiger partial charge on any atom is 0.283 e. The van der Waals surface area contributed by atoms with Crippen LogP contribution in [-0.2, 0) is 0 Å². The zero-order valence-corrected chi connectivity index (χ0v) is 11.0. The molecule has 5 nitrogen and oxygen atoms in total. The number of carbonyl (C=O) groups excluding carboxylic acids is 1. The third kappa shape index (κ3) is 3.32. The van der Waals surface area contributed by atoms with E-state index in [2.05, 4.69) is 5.32 Å². The van der Waals surface area contributed by atoms with Crippen LogP contribution in [0.1, 0.15) is 10.4 Å². The van der Waals surface area contributed by atoms with Crippen molar-refractivity contribution in [2.24, 2.45) is 0 Å². The largest absolute Gasteiger partial charge is 0.319 e. The first-order valence-corrected chi connectivity index (χ1v) is 5.96. The molecular formula is C13H7ClF2N2O3. The molecule has 1 N–H and O–H groups in total. The second-order valence-corrected chi connectivity index (χ2v) is 4.43. The molecule has 0 aliphatic heterocycles. The number of nitrogens with zero attached hydrogens (tertiary/aromatic N) is 1. The van der Waals surface area contributed by atoms with Crippen LogP contribution >= 0.6 is 11.6 Å². The second-order valence-electron chi connectivity index (χ2n) is 4.00. The molecule has 0 spiro atoms. The summed E-state index contributed by atoms with van der Waals surface area (Å²) in [4.78, 5) is 22.1. The average Bonchev–Trinajstić information content (AvgIpc) is 2.41. The highest BCUT2D eigenvalue weighted by Crippen LogP contribution is 2.24. The number of nitro benzene ring substituents is 1. The lowest BCUT2D eigenvalue weighted by Crippen LogP contribution is -2.15. The summed E-state index contributed by atoms with van der Waals surface area (Å²) in [5.41, 5.74) is -1.08. The Morgan fingerprint density at radius 1 is 1.19 bits per heavy atom. The van der Waals surface area contributed by atoms with Gasteiger partial charge in [-0.05, 0) is 24.3 Å². The van der Waals surface area contributed by atoms with Crippen molar-refractivity contribution in [2.75, 3.05) is 5.32 Å². The first-order valence-electron chi connectivity index (χ1n) is 5.59. The topological polar surface area (TPSA) is 72.2 Å². The second kappa shape index (κ2) is 5.84. The molecule has 0 aromatic heterocycles. The monoisotopic (exact) mass is 312 g/mol. The van der Waals surface area contributed by atoms with Crippen LogP contribution in [0.4, 0.5) is 20.2 Å². The van der Waals surface area contributed by atoms with Gasteiger partial charge in [0.25, 0.3) is 11.6 Å². The Morgan fingerprint density at radius 2 is 1.90 bits per heavy atom. The van der Waals surface area contributed by atoms with Gasteiger partial charge in [0, 0.05) is 17.2 Å². The Bertz CT molecular complexity index is 737. The number of anilines is 1. The van der Waals surface area contributed by atoms with Gasteiger partial charge in [0.15, 0.2) is 0 Å². The maximum absolute atomic E-state index is 13.4. The van der Waals surface area contributed by atoms with Crippen molar-refractivity contribution in [1.29, 1.82) is 0 Å². The fourth-order valence-electron chi connectivity index (χ4n) is 1.63. The van der Waals surface area contributed by atoms with Crippen LogP contribution in [0.15, 0.2) is 36.4 Å². The van der Waals surface area contributed by atoms with Gasteiger partial charge in [0.05, 0.1) is 10.6 Å². The Morgan fingerprint density at radius 3 is 2.52 bits per heavy atom. The highest BCUT2D eigenvalue weighted by atomic mass is 35.5. The van der Waals surface area contributed by atoms with Gasteiger partial charge in [-0.2, -0.15) is 0 Å². The van der Waals surface area contributed by atoms with Crippen molar-refractivity contribution in [2.45, 2.75) is 0 Å². The minimum Gasteiger partial charge on any atom is -0.319 e. The molecule has 0 fully saturated rings. The van der Waals surface area contributed by atoms with Crippen molar-refractivity contribution in [3.8, 4) is 0 Å². The number of carbonyl (C=O) groups is 1. The van der Waals surface area contributed by atoms with Gasteiger partial charge in [0.1, 0.15) is 17.2 Å². The molecule has 0 saturated carbocycles. The van der Waals surface area contributed by atoms with Crippen LogP contribution in [0.5, 0.6) is 0 Å². The summed E-state index contributed by atoms with van der Waals surface area (Å²) in [7, 11) is 0. The first-order chi connectivity index (χ1) is 9.88. The van der Waals surface area contributed by atoms with Gasteiger partial charge in [-0.3, -0.25) is 14.9 Å². The van der Waals surface area contributed by atoms with Gasteiger partial charge in [-0.15, -0.1) is 0 Å². The van der Waals surface area contributed by atoms with Crippen LogP contribution in [0.25, 0.3) is 0 Å². The summed E-state index contributed by atoms with van der Waals surface area (Å²) in [5.74, 6) is -2.69. The van der Waals surface area contributed by atoms with E-state index in [-0.39, 0.29) is 16.3 Å². The molecule has 21 heavy (non-hydrogen) atoms. The molecular weight excluding hydrogens is 306 g/mol. The standard InChI is InChI=1S/C13H7ClF2N2O3/c14-7-1-3-9(12(5-7)18(20)21)13(19)17-11-4-2-8(15)6-10(11)16/h1-6H,(H,17,19). The Labute approximate surface area is 122 Å². The summed E-state index contributed by atoms with van der Waals surface area (Å²) in [5, 5.41) is 13.1. The highest BCUT2D eigenvalue weighted by Gasteiger charge is 2.21. The predicted molar refractivity (Wildman–Crippen MR) is 72.4 cm³/mol. The van der Waals surface area contributed by atoms with Crippen molar-refractivity contribution in [3.05, 3.63) is 68.7 Å². The zero-order chi connectivity index (χ0) is 15.6. The van der Waals surface area contributed by atoms with Crippen LogP contribution in [-0.4, -0.2) is 10.8 Å². The molecule has 1 amide bonds. The molecule has 0 heterocycles. The zero-order valence-electron chi connectivity index (χ0n) is 10.3. The van der Waals surface area contributed by atoms with Crippen molar-refractivity contribution < 1.29 is 18.5 Å². The summed E-state index contributed by atoms with van der Waals surface area (Å²) in [6.45, 7) is 0. The van der Waals surface area contributed by atoms with Crippen molar-refractivity contribution in [1.82, 2.24) is 0 Å². The Balaban J connectivity index is 2.34. The van der Waals surface area contributed by atoms with E-state index in [9.17, 15) is 23.7 Å². The highest BCUT2D eigenvalue weighted by molar-refractivity contribution is 6.31. The van der Waals surface area contributed by atoms with Crippen LogP contribution in [0, 0.1) is 21.7 Å². The molecule has 0 aliphatic rings. The van der Waals surface area contributed by atoms with Crippen molar-refractivity contribution in [3.63, 3.8) is 0 Å².